The van der Waals surface area contributed by atoms with Gasteiger partial charge in [-0.1, -0.05) is 16.8 Å². The monoisotopic (exact) mass is 686 g/mol. The van der Waals surface area contributed by atoms with E-state index in [1.165, 1.54) is 30.0 Å². The molecule has 0 aliphatic rings. The Morgan fingerprint density at radius 3 is 2.60 bits per heavy atom. The number of rotatable bonds is 11. The molecule has 0 aliphatic carbocycles. The van der Waals surface area contributed by atoms with Gasteiger partial charge in [0.05, 0.1) is 16.9 Å². The third-order valence-corrected chi connectivity index (χ3v) is 7.06. The molecule has 1 aromatic heterocycles. The van der Waals surface area contributed by atoms with E-state index >= 15 is 0 Å². The molecular weight excluding hydrogens is 672 g/mol. The molecule has 0 saturated carbocycles. The van der Waals surface area contributed by atoms with Crippen molar-refractivity contribution in [1.82, 2.24) is 15.0 Å². The Kier molecular flexibility index (Phi) is 11.0. The van der Waals surface area contributed by atoms with Gasteiger partial charge < -0.3 is 15.5 Å². The highest BCUT2D eigenvalue weighted by atomic mass is 35.5. The Balaban J connectivity index is 1.59. The van der Waals surface area contributed by atoms with E-state index in [-0.39, 0.29) is 39.0 Å². The SMILES string of the molecule is CSc1nc(Cl)nc(Nc2ccc3c(O)c(N=Nc4ccc(SC#COOS(=O)(=O)O)cc4O)c(SOOO)cc3c2)n1. The van der Waals surface area contributed by atoms with Crippen molar-refractivity contribution in [3.05, 3.63) is 47.7 Å². The van der Waals surface area contributed by atoms with Gasteiger partial charge in [-0.2, -0.15) is 23.4 Å². The van der Waals surface area contributed by atoms with Crippen LogP contribution >= 0.6 is 47.2 Å². The maximum absolute atomic E-state index is 11.0. The van der Waals surface area contributed by atoms with Gasteiger partial charge >= 0.3 is 10.4 Å². The quantitative estimate of drug-likeness (QED) is 0.0226. The molecule has 0 saturated heterocycles. The summed E-state index contributed by atoms with van der Waals surface area (Å²) in [6, 6.07) is 10.7. The van der Waals surface area contributed by atoms with E-state index in [4.69, 9.17) is 21.4 Å². The van der Waals surface area contributed by atoms with Crippen molar-refractivity contribution in [1.29, 1.82) is 0 Å². The summed E-state index contributed by atoms with van der Waals surface area (Å²) in [6.45, 7) is 0. The van der Waals surface area contributed by atoms with Crippen molar-refractivity contribution in [3.63, 3.8) is 0 Å². The number of aromatic nitrogens is 3. The van der Waals surface area contributed by atoms with Crippen LogP contribution in [0.2, 0.25) is 5.28 Å². The highest BCUT2D eigenvalue weighted by Crippen LogP contribution is 2.45. The molecule has 4 aromatic rings. The van der Waals surface area contributed by atoms with Crippen LogP contribution < -0.4 is 5.32 Å². The number of phenolic OH excluding ortho intramolecular Hbond substituents is 2. The second-order valence-corrected chi connectivity index (χ2v) is 11.2. The summed E-state index contributed by atoms with van der Waals surface area (Å²) in [6.07, 6.45) is 3.67. The lowest BCUT2D eigenvalue weighted by molar-refractivity contribution is -0.432. The molecule has 5 N–H and O–H groups in total. The van der Waals surface area contributed by atoms with E-state index in [9.17, 15) is 18.6 Å². The summed E-state index contributed by atoms with van der Waals surface area (Å²) >= 11 is 8.62. The van der Waals surface area contributed by atoms with E-state index in [1.54, 1.807) is 30.5 Å². The molecule has 4 rings (SSSR count). The van der Waals surface area contributed by atoms with Gasteiger partial charge in [-0.15, -0.1) is 14.6 Å². The molecule has 0 atom stereocenters. The topological polar surface area (TPSA) is 227 Å². The van der Waals surface area contributed by atoms with Crippen LogP contribution in [0, 0.1) is 11.4 Å². The predicted octanol–water partition coefficient (Wildman–Crippen LogP) is 6.16. The van der Waals surface area contributed by atoms with E-state index in [2.05, 4.69) is 54.3 Å². The summed E-state index contributed by atoms with van der Waals surface area (Å²) in [5.74, 6) is -0.395. The van der Waals surface area contributed by atoms with Crippen LogP contribution in [0.3, 0.4) is 0 Å². The predicted molar refractivity (Wildman–Crippen MR) is 156 cm³/mol. The number of thioether (sulfide) groups is 2. The van der Waals surface area contributed by atoms with Crippen molar-refractivity contribution in [2.24, 2.45) is 10.2 Å². The van der Waals surface area contributed by atoms with Gasteiger partial charge in [0.2, 0.25) is 11.2 Å². The highest BCUT2D eigenvalue weighted by Gasteiger charge is 2.16. The van der Waals surface area contributed by atoms with Crippen LogP contribution in [0.5, 0.6) is 11.5 Å². The van der Waals surface area contributed by atoms with Gasteiger partial charge in [0.25, 0.3) is 0 Å². The normalized spacial score (nSPS) is 11.4. The Morgan fingerprint density at radius 2 is 1.88 bits per heavy atom. The lowest BCUT2D eigenvalue weighted by atomic mass is 10.1. The number of halogens is 1. The molecule has 21 heteroatoms. The van der Waals surface area contributed by atoms with Gasteiger partial charge in [0, 0.05) is 21.2 Å². The number of aromatic hydroxyl groups is 2. The number of azo groups is 1. The fraction of sp³-hybridized carbons (Fsp3) is 0.0455. The van der Waals surface area contributed by atoms with Crippen LogP contribution in [-0.2, 0) is 29.0 Å². The molecule has 0 unspecified atom stereocenters. The van der Waals surface area contributed by atoms with Crippen LogP contribution in [0.25, 0.3) is 10.8 Å². The molecule has 0 amide bonds. The number of benzene rings is 3. The molecule has 3 aromatic carbocycles. The molecule has 0 spiro atoms. The van der Waals surface area contributed by atoms with Crippen molar-refractivity contribution >= 4 is 91.3 Å². The van der Waals surface area contributed by atoms with Crippen LogP contribution in [0.4, 0.5) is 23.0 Å². The van der Waals surface area contributed by atoms with Gasteiger partial charge in [-0.25, -0.2) is 5.26 Å². The summed E-state index contributed by atoms with van der Waals surface area (Å²) < 4.78 is 37.3. The fourth-order valence-electron chi connectivity index (χ4n) is 3.16. The first-order chi connectivity index (χ1) is 20.6. The number of hydrogen-bond donors (Lipinski definition) is 5. The minimum absolute atomic E-state index is 0.0122. The highest BCUT2D eigenvalue weighted by molar-refractivity contribution is 8.04. The molecule has 43 heavy (non-hydrogen) atoms. The molecule has 0 fully saturated rings. The average Bonchev–Trinajstić information content (AvgIpc) is 2.95. The molecule has 0 aliphatic heterocycles. The van der Waals surface area contributed by atoms with Gasteiger partial charge in [-0.05, 0) is 81.8 Å². The maximum atomic E-state index is 11.0. The molecule has 1 heterocycles. The molecule has 0 radical (unpaired) electrons. The van der Waals surface area contributed by atoms with Crippen molar-refractivity contribution < 1.29 is 47.0 Å². The minimum atomic E-state index is -4.81. The largest absolute Gasteiger partial charge is 0.506 e. The maximum Gasteiger partial charge on any atom is 0.433 e. The Morgan fingerprint density at radius 1 is 1.07 bits per heavy atom. The summed E-state index contributed by atoms with van der Waals surface area (Å²) in [4.78, 5) is 16.9. The zero-order chi connectivity index (χ0) is 31.0. The molecule has 0 bridgehead atoms. The first-order valence-corrected chi connectivity index (χ1v) is 15.5. The third kappa shape index (κ3) is 9.18. The van der Waals surface area contributed by atoms with E-state index in [0.717, 1.165) is 11.8 Å². The number of fused-ring (bicyclic) bond motifs is 1. The number of nitrogens with one attached hydrogen (secondary N) is 1. The van der Waals surface area contributed by atoms with Gasteiger partial charge in [-0.3, -0.25) is 9.44 Å². The van der Waals surface area contributed by atoms with Crippen LogP contribution in [0.1, 0.15) is 0 Å². The lowest BCUT2D eigenvalue weighted by Gasteiger charge is -2.11. The van der Waals surface area contributed by atoms with E-state index in [0.29, 0.717) is 38.6 Å². The molecule has 16 nitrogen and oxygen atoms in total. The van der Waals surface area contributed by atoms with Crippen LogP contribution in [-0.4, -0.2) is 49.6 Å². The Labute approximate surface area is 259 Å². The number of anilines is 2. The third-order valence-electron chi connectivity index (χ3n) is 4.81. The second kappa shape index (κ2) is 14.7. The summed E-state index contributed by atoms with van der Waals surface area (Å²) in [7, 11) is -4.81. The van der Waals surface area contributed by atoms with Gasteiger partial charge in [0.15, 0.2) is 17.0 Å². The summed E-state index contributed by atoms with van der Waals surface area (Å²) in [5, 5.41) is 48.5. The smallest absolute Gasteiger partial charge is 0.433 e. The fourth-order valence-corrected chi connectivity index (χ4v) is 4.84. The van der Waals surface area contributed by atoms with Gasteiger partial charge in [0.1, 0.15) is 17.1 Å². The Bertz CT molecular complexity index is 1860. The lowest BCUT2D eigenvalue weighted by Crippen LogP contribution is -2.01. The minimum Gasteiger partial charge on any atom is -0.506 e. The van der Waals surface area contributed by atoms with Crippen molar-refractivity contribution in [2.45, 2.75) is 14.9 Å². The Hall–Kier alpha value is -3.62. The zero-order valence-corrected chi connectivity index (χ0v) is 25.0. The zero-order valence-electron chi connectivity index (χ0n) is 21.0. The standard InChI is InChI=1S/C22H15ClN6O10S4/c1-40-22-26-20(23)25-21(27-22)24-12-2-4-14-11(8-12)9-17(42-38-37-32)18(19(14)31)29-28-15-5-3-13(10-16(15)30)41-7-6-36-39-43(33,34)35/h2-5,8-10,30-32H,1H3,(H,33,34,35)(H,24,25,26,27). The number of hydrogen-bond acceptors (Lipinski definition) is 18. The van der Waals surface area contributed by atoms with E-state index in [1.807, 2.05) is 6.11 Å². The van der Waals surface area contributed by atoms with Crippen molar-refractivity contribution in [2.75, 3.05) is 11.6 Å². The summed E-state index contributed by atoms with van der Waals surface area (Å²) in [5.41, 5.74) is 0.498. The average molecular weight is 687 g/mol. The van der Waals surface area contributed by atoms with Crippen molar-refractivity contribution in [3.8, 4) is 22.9 Å². The number of nitrogens with zero attached hydrogens (tertiary/aromatic N) is 5. The first kappa shape index (κ1) is 32.3. The first-order valence-electron chi connectivity index (χ1n) is 11.0. The van der Waals surface area contributed by atoms with Crippen LogP contribution in [0.15, 0.2) is 67.6 Å². The molecule has 224 valence electrons. The molecular formula is C22H15ClN6O10S4. The number of phenols is 2. The van der Waals surface area contributed by atoms with E-state index < -0.39 is 10.4 Å². The second-order valence-electron chi connectivity index (χ2n) is 7.51.